The van der Waals surface area contributed by atoms with Crippen molar-refractivity contribution in [3.8, 4) is 6.07 Å². The molecule has 0 amide bonds. The Hall–Kier alpha value is -4.74. The van der Waals surface area contributed by atoms with Crippen LogP contribution in [0.3, 0.4) is 0 Å². The number of hydrogen-bond acceptors (Lipinski definition) is 7. The van der Waals surface area contributed by atoms with Gasteiger partial charge in [-0.15, -0.1) is 0 Å². The first-order valence-electron chi connectivity index (χ1n) is 16.4. The minimum absolute atomic E-state index is 0. The molecule has 258 valence electrons. The summed E-state index contributed by atoms with van der Waals surface area (Å²) in [5, 5.41) is 9.69. The topological polar surface area (TPSA) is 134 Å². The average Bonchev–Trinajstić information content (AvgIpc) is 3.75. The summed E-state index contributed by atoms with van der Waals surface area (Å²) >= 11 is 0. The molecule has 8 bridgehead atoms. The first-order valence-corrected chi connectivity index (χ1v) is 16.4. The van der Waals surface area contributed by atoms with Crippen LogP contribution in [0, 0.1) is 25.2 Å². The van der Waals surface area contributed by atoms with Gasteiger partial charge in [-0.2, -0.15) is 5.26 Å². The molecule has 0 unspecified atom stereocenters. The largest absolute Gasteiger partial charge is 0.469 e. The third kappa shape index (κ3) is 7.18. The zero-order valence-electron chi connectivity index (χ0n) is 29.4. The SMILES string of the molecule is CCC1=C(C)c2cc3[nH]c(cc4nc(c(C=CC#N)c5[nH]c(cc1n2)c(C)c5CCC(=O)OC)C(CCC(=O)OC)=C4C)c(C)c3CC.[Ni]. The summed E-state index contributed by atoms with van der Waals surface area (Å²) in [4.78, 5) is 42.4. The van der Waals surface area contributed by atoms with Gasteiger partial charge in [0.05, 0.1) is 48.6 Å². The van der Waals surface area contributed by atoms with E-state index in [0.29, 0.717) is 24.1 Å². The second-order valence-electron chi connectivity index (χ2n) is 12.2. The summed E-state index contributed by atoms with van der Waals surface area (Å²) in [5.41, 5.74) is 15.9. The Morgan fingerprint density at radius 1 is 0.776 bits per heavy atom. The normalized spacial score (nSPS) is 12.7. The number of nitrogens with one attached hydrogen (secondary N) is 2. The van der Waals surface area contributed by atoms with E-state index in [0.717, 1.165) is 85.4 Å². The number of ether oxygens (including phenoxy) is 2. The molecule has 2 aliphatic rings. The van der Waals surface area contributed by atoms with Crippen molar-refractivity contribution in [2.24, 2.45) is 0 Å². The number of nitrogens with zero attached hydrogens (tertiary/aromatic N) is 3. The van der Waals surface area contributed by atoms with Crippen LogP contribution >= 0.6 is 0 Å². The Morgan fingerprint density at radius 3 is 1.98 bits per heavy atom. The Balaban J connectivity index is 0.00000541. The molecule has 0 radical (unpaired) electrons. The molecule has 0 fully saturated rings. The number of H-pyrrole nitrogens is 2. The maximum absolute atomic E-state index is 12.4. The van der Waals surface area contributed by atoms with Gasteiger partial charge in [0.15, 0.2) is 0 Å². The first-order chi connectivity index (χ1) is 23.1. The molecule has 2 N–H and O–H groups in total. The molecule has 0 saturated heterocycles. The Morgan fingerprint density at radius 2 is 1.35 bits per heavy atom. The number of carbonyl (C=O) groups is 2. The predicted octanol–water partition coefficient (Wildman–Crippen LogP) is 8.36. The number of esters is 2. The summed E-state index contributed by atoms with van der Waals surface area (Å²) < 4.78 is 9.99. The van der Waals surface area contributed by atoms with E-state index in [1.165, 1.54) is 31.4 Å². The number of hydrogen-bond donors (Lipinski definition) is 2. The minimum atomic E-state index is -0.317. The van der Waals surface area contributed by atoms with E-state index in [1.807, 2.05) is 13.8 Å². The van der Waals surface area contributed by atoms with Crippen molar-refractivity contribution in [1.82, 2.24) is 19.9 Å². The smallest absolute Gasteiger partial charge is 0.305 e. The molecular weight excluding hydrogens is 661 g/mol. The van der Waals surface area contributed by atoms with E-state index in [9.17, 15) is 14.9 Å². The van der Waals surface area contributed by atoms with Crippen molar-refractivity contribution >= 4 is 62.4 Å². The van der Waals surface area contributed by atoms with Crippen molar-refractivity contribution in [2.45, 2.75) is 80.1 Å². The molecule has 5 rings (SSSR count). The third-order valence-corrected chi connectivity index (χ3v) is 9.62. The molecule has 10 heteroatoms. The van der Waals surface area contributed by atoms with Gasteiger partial charge >= 0.3 is 11.9 Å². The van der Waals surface area contributed by atoms with Crippen LogP contribution in [0.5, 0.6) is 0 Å². The van der Waals surface area contributed by atoms with E-state index in [2.05, 4.69) is 61.9 Å². The summed E-state index contributed by atoms with van der Waals surface area (Å²) in [7, 11) is 2.77. The van der Waals surface area contributed by atoms with Gasteiger partial charge in [-0.1, -0.05) is 13.8 Å². The summed E-state index contributed by atoms with van der Waals surface area (Å²) in [6, 6.07) is 8.43. The Labute approximate surface area is 297 Å². The molecule has 5 heterocycles. The monoisotopic (exact) mass is 703 g/mol. The fraction of sp³-hybridized carbons (Fsp3) is 0.359. The van der Waals surface area contributed by atoms with Crippen molar-refractivity contribution in [2.75, 3.05) is 14.2 Å². The number of rotatable bonds is 9. The van der Waals surface area contributed by atoms with Gasteiger partial charge in [-0.25, -0.2) is 9.97 Å². The zero-order valence-corrected chi connectivity index (χ0v) is 30.4. The van der Waals surface area contributed by atoms with Crippen LogP contribution in [0.4, 0.5) is 0 Å². The number of aryl methyl sites for hydroxylation is 4. The van der Waals surface area contributed by atoms with E-state index < -0.39 is 0 Å². The Kier molecular flexibility index (Phi) is 11.8. The molecule has 0 aromatic carbocycles. The molecular formula is C39H43N5NiO4. The number of methoxy groups -OCH3 is 2. The van der Waals surface area contributed by atoms with Crippen LogP contribution < -0.4 is 0 Å². The molecule has 0 spiro atoms. The maximum Gasteiger partial charge on any atom is 0.305 e. The number of nitriles is 1. The number of carbonyl (C=O) groups excluding carboxylic acids is 2. The zero-order chi connectivity index (χ0) is 34.7. The Bertz CT molecular complexity index is 2120. The summed E-state index contributed by atoms with van der Waals surface area (Å²) in [6.45, 7) is 12.6. The van der Waals surface area contributed by atoms with Crippen LogP contribution in [-0.2, 0) is 48.4 Å². The van der Waals surface area contributed by atoms with Gasteiger partial charge < -0.3 is 19.4 Å². The molecule has 0 atom stereocenters. The molecule has 0 aliphatic carbocycles. The molecule has 3 aromatic heterocycles. The predicted molar refractivity (Wildman–Crippen MR) is 191 cm³/mol. The van der Waals surface area contributed by atoms with Gasteiger partial charge in [-0.3, -0.25) is 9.59 Å². The third-order valence-electron chi connectivity index (χ3n) is 9.62. The maximum atomic E-state index is 12.4. The second kappa shape index (κ2) is 15.7. The van der Waals surface area contributed by atoms with E-state index in [4.69, 9.17) is 19.4 Å². The summed E-state index contributed by atoms with van der Waals surface area (Å²) in [5.74, 6) is -0.631. The van der Waals surface area contributed by atoms with Crippen LogP contribution in [0.2, 0.25) is 0 Å². The molecule has 0 saturated carbocycles. The fourth-order valence-corrected chi connectivity index (χ4v) is 6.82. The second-order valence-corrected chi connectivity index (χ2v) is 12.2. The van der Waals surface area contributed by atoms with Gasteiger partial charge in [0.1, 0.15) is 0 Å². The van der Waals surface area contributed by atoms with Crippen LogP contribution in [0.25, 0.3) is 50.4 Å². The molecule has 49 heavy (non-hydrogen) atoms. The van der Waals surface area contributed by atoms with E-state index in [-0.39, 0.29) is 41.3 Å². The van der Waals surface area contributed by atoms with Crippen LogP contribution in [0.1, 0.15) is 104 Å². The van der Waals surface area contributed by atoms with Crippen LogP contribution in [0.15, 0.2) is 24.3 Å². The summed E-state index contributed by atoms with van der Waals surface area (Å²) in [6.07, 6.45) is 6.02. The molecule has 2 aliphatic heterocycles. The number of aromatic nitrogens is 4. The quantitative estimate of drug-likeness (QED) is 0.130. The standard InChI is InChI=1S/C39H43N5O4.Ni/c1-9-25-21(3)30-18-32-23(5)27(13-15-36(45)47-7)38(43-32)29(12-11-17-40)39-28(14-16-37(46)48-8)24(6)33(44-39)20-35-26(10-2)22(4)31(42-35)19-34(25)41-30;/h11-12,18-20,41,44H,9-10,13-16H2,1-8H3;. The van der Waals surface area contributed by atoms with Crippen molar-refractivity contribution in [3.05, 3.63) is 74.9 Å². The van der Waals surface area contributed by atoms with Gasteiger partial charge in [-0.05, 0) is 122 Å². The minimum Gasteiger partial charge on any atom is -0.469 e. The number of fused-ring (bicyclic) bond motifs is 8. The van der Waals surface area contributed by atoms with Crippen LogP contribution in [-0.4, -0.2) is 46.1 Å². The molecule has 3 aromatic rings. The number of allylic oxidation sites excluding steroid dienone is 5. The van der Waals surface area contributed by atoms with Crippen molar-refractivity contribution < 1.29 is 35.6 Å². The molecule has 9 nitrogen and oxygen atoms in total. The number of aromatic amines is 2. The van der Waals surface area contributed by atoms with E-state index in [1.54, 1.807) is 6.08 Å². The van der Waals surface area contributed by atoms with Gasteiger partial charge in [0.25, 0.3) is 0 Å². The van der Waals surface area contributed by atoms with Gasteiger partial charge in [0.2, 0.25) is 0 Å². The average molecular weight is 704 g/mol. The fourth-order valence-electron chi connectivity index (χ4n) is 6.82. The van der Waals surface area contributed by atoms with E-state index >= 15 is 0 Å². The van der Waals surface area contributed by atoms with Crippen molar-refractivity contribution in [3.63, 3.8) is 0 Å². The van der Waals surface area contributed by atoms with Crippen molar-refractivity contribution in [1.29, 1.82) is 5.26 Å². The first kappa shape index (κ1) is 37.1. The van der Waals surface area contributed by atoms with Gasteiger partial charge in [0, 0.05) is 57.5 Å².